The molecule has 0 radical (unpaired) electrons. The highest BCUT2D eigenvalue weighted by Crippen LogP contribution is 2.22. The van der Waals surface area contributed by atoms with Gasteiger partial charge in [-0.3, -0.25) is 4.68 Å². The summed E-state index contributed by atoms with van der Waals surface area (Å²) in [6.45, 7) is 13.7. The first-order valence-electron chi connectivity index (χ1n) is 7.86. The van der Waals surface area contributed by atoms with E-state index in [0.29, 0.717) is 18.1 Å². The van der Waals surface area contributed by atoms with Crippen molar-refractivity contribution in [1.82, 2.24) is 15.1 Å². The second-order valence-electron chi connectivity index (χ2n) is 6.50. The Hall–Kier alpha value is -0.870. The van der Waals surface area contributed by atoms with Crippen LogP contribution in [0.5, 0.6) is 0 Å². The lowest BCUT2D eigenvalue weighted by Gasteiger charge is -2.13. The summed E-state index contributed by atoms with van der Waals surface area (Å²) in [4.78, 5) is 0. The van der Waals surface area contributed by atoms with E-state index >= 15 is 0 Å². The van der Waals surface area contributed by atoms with Crippen LogP contribution < -0.4 is 5.32 Å². The van der Waals surface area contributed by atoms with E-state index in [1.54, 1.807) is 0 Å². The molecule has 114 valence electrons. The Labute approximate surface area is 122 Å². The molecule has 2 atom stereocenters. The van der Waals surface area contributed by atoms with Gasteiger partial charge in [0.15, 0.2) is 0 Å². The number of nitrogens with one attached hydrogen (secondary N) is 1. The molecule has 1 aliphatic heterocycles. The Morgan fingerprint density at radius 1 is 1.35 bits per heavy atom. The lowest BCUT2D eigenvalue weighted by Crippen LogP contribution is -2.20. The molecule has 2 rings (SSSR count). The zero-order valence-corrected chi connectivity index (χ0v) is 13.6. The third-order valence-electron chi connectivity index (χ3n) is 4.08. The summed E-state index contributed by atoms with van der Waals surface area (Å²) >= 11 is 0. The van der Waals surface area contributed by atoms with Crippen molar-refractivity contribution >= 4 is 0 Å². The van der Waals surface area contributed by atoms with E-state index < -0.39 is 0 Å². The van der Waals surface area contributed by atoms with Gasteiger partial charge in [-0.25, -0.2) is 0 Å². The van der Waals surface area contributed by atoms with Crippen molar-refractivity contribution in [1.29, 1.82) is 0 Å². The lowest BCUT2D eigenvalue weighted by atomic mass is 10.1. The Morgan fingerprint density at radius 2 is 2.10 bits per heavy atom. The predicted molar refractivity (Wildman–Crippen MR) is 81.8 cm³/mol. The molecular formula is C16H29N3O. The standard InChI is InChI=1S/C16H29N3O/c1-11(2)8-17-9-16-13(4)18-19(14(16)5)10-15-7-6-12(3)20-15/h11-12,15,17H,6-10H2,1-5H3. The van der Waals surface area contributed by atoms with Gasteiger partial charge < -0.3 is 10.1 Å². The molecule has 1 fully saturated rings. The molecule has 0 aromatic carbocycles. The fraction of sp³-hybridized carbons (Fsp3) is 0.812. The van der Waals surface area contributed by atoms with Crippen molar-refractivity contribution in [3.05, 3.63) is 17.0 Å². The molecule has 0 saturated carbocycles. The maximum Gasteiger partial charge on any atom is 0.0775 e. The van der Waals surface area contributed by atoms with Crippen LogP contribution in [0, 0.1) is 19.8 Å². The number of rotatable bonds is 6. The third-order valence-corrected chi connectivity index (χ3v) is 4.08. The molecule has 0 amide bonds. The molecule has 1 N–H and O–H groups in total. The van der Waals surface area contributed by atoms with Crippen LogP contribution in [0.15, 0.2) is 0 Å². The summed E-state index contributed by atoms with van der Waals surface area (Å²) in [7, 11) is 0. The van der Waals surface area contributed by atoms with Crippen LogP contribution in [0.4, 0.5) is 0 Å². The van der Waals surface area contributed by atoms with E-state index in [2.05, 4.69) is 44.6 Å². The summed E-state index contributed by atoms with van der Waals surface area (Å²) < 4.78 is 8.03. The van der Waals surface area contributed by atoms with E-state index in [0.717, 1.165) is 31.7 Å². The van der Waals surface area contributed by atoms with Crippen LogP contribution in [0.2, 0.25) is 0 Å². The van der Waals surface area contributed by atoms with Gasteiger partial charge in [-0.05, 0) is 46.1 Å². The van der Waals surface area contributed by atoms with E-state index in [4.69, 9.17) is 9.84 Å². The maximum atomic E-state index is 5.91. The van der Waals surface area contributed by atoms with E-state index in [1.807, 2.05) is 0 Å². The summed E-state index contributed by atoms with van der Waals surface area (Å²) in [5.74, 6) is 0.680. The molecular weight excluding hydrogens is 250 g/mol. The van der Waals surface area contributed by atoms with Gasteiger partial charge in [-0.1, -0.05) is 13.8 Å². The van der Waals surface area contributed by atoms with Gasteiger partial charge in [0.25, 0.3) is 0 Å². The fourth-order valence-electron chi connectivity index (χ4n) is 2.87. The lowest BCUT2D eigenvalue weighted by molar-refractivity contribution is 0.0433. The van der Waals surface area contributed by atoms with Crippen molar-refractivity contribution in [2.24, 2.45) is 5.92 Å². The van der Waals surface area contributed by atoms with Gasteiger partial charge in [-0.15, -0.1) is 0 Å². The summed E-state index contributed by atoms with van der Waals surface area (Å²) in [5.41, 5.74) is 3.77. The average Bonchev–Trinajstić information content (AvgIpc) is 2.88. The molecule has 0 spiro atoms. The van der Waals surface area contributed by atoms with Crippen LogP contribution in [-0.4, -0.2) is 28.5 Å². The minimum absolute atomic E-state index is 0.333. The SMILES string of the molecule is Cc1nn(CC2CCC(C)O2)c(C)c1CNCC(C)C. The number of hydrogen-bond donors (Lipinski definition) is 1. The quantitative estimate of drug-likeness (QED) is 0.870. The van der Waals surface area contributed by atoms with Crippen molar-refractivity contribution in [3.8, 4) is 0 Å². The molecule has 0 bridgehead atoms. The molecule has 4 nitrogen and oxygen atoms in total. The Balaban J connectivity index is 1.97. The third kappa shape index (κ3) is 3.83. The molecule has 4 heteroatoms. The van der Waals surface area contributed by atoms with Gasteiger partial charge in [0.2, 0.25) is 0 Å². The number of hydrogen-bond acceptors (Lipinski definition) is 3. The molecule has 20 heavy (non-hydrogen) atoms. The fourth-order valence-corrected chi connectivity index (χ4v) is 2.87. The number of ether oxygens (including phenoxy) is 1. The van der Waals surface area contributed by atoms with Crippen LogP contribution >= 0.6 is 0 Å². The second kappa shape index (κ2) is 6.72. The molecule has 2 heterocycles. The van der Waals surface area contributed by atoms with Gasteiger partial charge in [0.1, 0.15) is 0 Å². The summed E-state index contributed by atoms with van der Waals surface area (Å²) in [6.07, 6.45) is 3.07. The first kappa shape index (κ1) is 15.5. The van der Waals surface area contributed by atoms with E-state index in [1.165, 1.54) is 17.7 Å². The molecule has 1 aromatic rings. The number of aryl methyl sites for hydroxylation is 1. The average molecular weight is 279 g/mol. The van der Waals surface area contributed by atoms with Crippen LogP contribution in [0.25, 0.3) is 0 Å². The summed E-state index contributed by atoms with van der Waals surface area (Å²) in [6, 6.07) is 0. The normalized spacial score (nSPS) is 22.9. The first-order valence-corrected chi connectivity index (χ1v) is 7.86. The smallest absolute Gasteiger partial charge is 0.0775 e. The van der Waals surface area contributed by atoms with Crippen LogP contribution in [0.1, 0.15) is 50.6 Å². The minimum Gasteiger partial charge on any atom is -0.373 e. The molecule has 2 unspecified atom stereocenters. The molecule has 1 saturated heterocycles. The zero-order chi connectivity index (χ0) is 14.7. The Bertz CT molecular complexity index is 439. The molecule has 0 aliphatic carbocycles. The Morgan fingerprint density at radius 3 is 2.70 bits per heavy atom. The first-order chi connectivity index (χ1) is 9.47. The number of aromatic nitrogens is 2. The maximum absolute atomic E-state index is 5.91. The number of nitrogens with zero attached hydrogens (tertiary/aromatic N) is 2. The van der Waals surface area contributed by atoms with Gasteiger partial charge in [-0.2, -0.15) is 5.10 Å². The largest absolute Gasteiger partial charge is 0.373 e. The topological polar surface area (TPSA) is 39.1 Å². The molecule has 1 aliphatic rings. The van der Waals surface area contributed by atoms with Crippen LogP contribution in [0.3, 0.4) is 0 Å². The van der Waals surface area contributed by atoms with Gasteiger partial charge in [0.05, 0.1) is 24.4 Å². The minimum atomic E-state index is 0.333. The van der Waals surface area contributed by atoms with E-state index in [-0.39, 0.29) is 0 Å². The molecule has 1 aromatic heterocycles. The van der Waals surface area contributed by atoms with Crippen molar-refractivity contribution < 1.29 is 4.74 Å². The predicted octanol–water partition coefficient (Wildman–Crippen LogP) is 2.81. The highest BCUT2D eigenvalue weighted by atomic mass is 16.5. The van der Waals surface area contributed by atoms with E-state index in [9.17, 15) is 0 Å². The summed E-state index contributed by atoms with van der Waals surface area (Å²) in [5, 5.41) is 8.21. The highest BCUT2D eigenvalue weighted by Gasteiger charge is 2.23. The van der Waals surface area contributed by atoms with Gasteiger partial charge >= 0.3 is 0 Å². The Kier molecular flexibility index (Phi) is 5.22. The van der Waals surface area contributed by atoms with Gasteiger partial charge in [0, 0.05) is 17.8 Å². The second-order valence-corrected chi connectivity index (χ2v) is 6.50. The van der Waals surface area contributed by atoms with Crippen LogP contribution in [-0.2, 0) is 17.8 Å². The highest BCUT2D eigenvalue weighted by molar-refractivity contribution is 5.24. The monoisotopic (exact) mass is 279 g/mol. The zero-order valence-electron chi connectivity index (χ0n) is 13.6. The van der Waals surface area contributed by atoms with Crippen molar-refractivity contribution in [2.75, 3.05) is 6.54 Å². The van der Waals surface area contributed by atoms with Crippen molar-refractivity contribution in [2.45, 2.75) is 72.8 Å². The van der Waals surface area contributed by atoms with Crippen molar-refractivity contribution in [3.63, 3.8) is 0 Å².